The summed E-state index contributed by atoms with van der Waals surface area (Å²) in [7, 11) is 0. The van der Waals surface area contributed by atoms with Gasteiger partial charge in [0.2, 0.25) is 0 Å². The van der Waals surface area contributed by atoms with E-state index in [1.165, 1.54) is 0 Å². The maximum atomic E-state index is 12.9. The molecule has 3 aromatic rings. The van der Waals surface area contributed by atoms with Gasteiger partial charge in [0.1, 0.15) is 23.6 Å². The molecule has 0 spiro atoms. The van der Waals surface area contributed by atoms with E-state index in [0.717, 1.165) is 31.2 Å². The fraction of sp³-hybridized carbons (Fsp3) is 0.400. The van der Waals surface area contributed by atoms with E-state index in [1.54, 1.807) is 24.3 Å². The highest BCUT2D eigenvalue weighted by molar-refractivity contribution is 6.05. The molecule has 1 aliphatic carbocycles. The quantitative estimate of drug-likeness (QED) is 0.213. The number of amides is 2. The lowest BCUT2D eigenvalue weighted by molar-refractivity contribution is -0.153. The minimum atomic E-state index is -0.788. The van der Waals surface area contributed by atoms with E-state index in [-0.39, 0.29) is 48.7 Å². The maximum Gasteiger partial charge on any atom is 0.435 e. The number of aliphatic imine (C=N–C) groups is 1. The van der Waals surface area contributed by atoms with E-state index in [9.17, 15) is 14.4 Å². The topological polar surface area (TPSA) is 145 Å². The number of hydrogen-bond donors (Lipinski definition) is 3. The zero-order valence-corrected chi connectivity index (χ0v) is 23.1. The summed E-state index contributed by atoms with van der Waals surface area (Å²) in [4.78, 5) is 40.7. The molecule has 40 heavy (non-hydrogen) atoms. The summed E-state index contributed by atoms with van der Waals surface area (Å²) < 4.78 is 16.2. The lowest BCUT2D eigenvalue weighted by Gasteiger charge is -2.29. The van der Waals surface area contributed by atoms with E-state index in [4.69, 9.17) is 19.6 Å². The van der Waals surface area contributed by atoms with Gasteiger partial charge in [-0.25, -0.2) is 4.79 Å². The van der Waals surface area contributed by atoms with Gasteiger partial charge in [0.25, 0.3) is 5.91 Å². The van der Waals surface area contributed by atoms with Crippen LogP contribution in [0.4, 0.5) is 4.79 Å². The lowest BCUT2D eigenvalue weighted by Crippen LogP contribution is -2.44. The number of nitrogens with one attached hydrogen (secondary N) is 2. The molecule has 0 bridgehead atoms. The van der Waals surface area contributed by atoms with Crippen LogP contribution >= 0.6 is 0 Å². The monoisotopic (exact) mass is 548 g/mol. The predicted octanol–water partition coefficient (Wildman–Crippen LogP) is 4.45. The molecular formula is C30H36N4O6. The zero-order valence-electron chi connectivity index (χ0n) is 23.1. The number of hydrogen-bond acceptors (Lipinski definition) is 7. The molecule has 4 rings (SSSR count). The van der Waals surface area contributed by atoms with Crippen LogP contribution in [0.3, 0.4) is 0 Å². The number of nitrogens with two attached hydrogens (primary N) is 1. The molecule has 212 valence electrons. The number of carbonyl (C=O) groups excluding carboxylic acids is 3. The molecule has 0 aliphatic heterocycles. The highest BCUT2D eigenvalue weighted by atomic mass is 16.6. The summed E-state index contributed by atoms with van der Waals surface area (Å²) in [5, 5.41) is 6.96. The van der Waals surface area contributed by atoms with E-state index >= 15 is 0 Å². The second kappa shape index (κ2) is 12.8. The molecule has 0 atom stereocenters. The van der Waals surface area contributed by atoms with Crippen molar-refractivity contribution in [2.45, 2.75) is 70.7 Å². The van der Waals surface area contributed by atoms with Crippen molar-refractivity contribution in [3.8, 4) is 0 Å². The lowest BCUT2D eigenvalue weighted by atomic mass is 9.91. The van der Waals surface area contributed by atoms with Crippen molar-refractivity contribution in [1.29, 1.82) is 0 Å². The summed E-state index contributed by atoms with van der Waals surface area (Å²) in [6.45, 7) is 5.80. The molecule has 1 heterocycles. The van der Waals surface area contributed by atoms with Gasteiger partial charge in [-0.2, -0.15) is 4.99 Å². The first kappa shape index (κ1) is 28.8. The van der Waals surface area contributed by atoms with Crippen LogP contribution in [-0.2, 0) is 20.9 Å². The van der Waals surface area contributed by atoms with Crippen molar-refractivity contribution >= 4 is 34.8 Å². The van der Waals surface area contributed by atoms with Gasteiger partial charge in [-0.1, -0.05) is 30.3 Å². The number of rotatable bonds is 8. The number of amidine groups is 1. The minimum absolute atomic E-state index is 0.00389. The van der Waals surface area contributed by atoms with E-state index in [1.807, 2.05) is 51.1 Å². The molecule has 2 aromatic carbocycles. The third-order valence-electron chi connectivity index (χ3n) is 6.47. The van der Waals surface area contributed by atoms with Crippen LogP contribution in [0.5, 0.6) is 0 Å². The van der Waals surface area contributed by atoms with Crippen molar-refractivity contribution in [2.75, 3.05) is 6.54 Å². The van der Waals surface area contributed by atoms with Gasteiger partial charge in [0, 0.05) is 23.0 Å². The van der Waals surface area contributed by atoms with Gasteiger partial charge in [-0.3, -0.25) is 9.59 Å². The SMILES string of the molecule is CC(C)(C)OC(=O)CNC1CCC(NC(=O)c2cc3cc(/C(N)=N\C(=O)OCc4ccccc4)ccc3o2)CC1. The fourth-order valence-corrected chi connectivity index (χ4v) is 4.53. The Labute approximate surface area is 233 Å². The Kier molecular flexibility index (Phi) is 9.21. The third-order valence-corrected chi connectivity index (χ3v) is 6.47. The summed E-state index contributed by atoms with van der Waals surface area (Å²) in [6, 6.07) is 16.2. The number of carbonyl (C=O) groups is 3. The smallest absolute Gasteiger partial charge is 0.435 e. The molecule has 10 heteroatoms. The Balaban J connectivity index is 1.27. The standard InChI is InChI=1S/C30H36N4O6/c1-30(2,3)40-26(35)17-32-22-10-12-23(13-11-22)33-28(36)25-16-21-15-20(9-14-24(21)39-25)27(31)34-29(37)38-18-19-7-5-4-6-8-19/h4-9,14-16,22-23,32H,10-13,17-18H2,1-3H3,(H,33,36)(H2,31,34,37). The molecule has 1 aromatic heterocycles. The first-order valence-electron chi connectivity index (χ1n) is 13.4. The van der Waals surface area contributed by atoms with Gasteiger partial charge in [-0.05, 0) is 76.3 Å². The average Bonchev–Trinajstić information content (AvgIpc) is 3.35. The molecule has 4 N–H and O–H groups in total. The Morgan fingerprint density at radius 2 is 1.70 bits per heavy atom. The van der Waals surface area contributed by atoms with Crippen LogP contribution < -0.4 is 16.4 Å². The number of benzene rings is 2. The Hall–Kier alpha value is -4.18. The highest BCUT2D eigenvalue weighted by Gasteiger charge is 2.25. The highest BCUT2D eigenvalue weighted by Crippen LogP contribution is 2.23. The molecule has 1 saturated carbocycles. The summed E-state index contributed by atoms with van der Waals surface area (Å²) in [5.41, 5.74) is 7.40. The summed E-state index contributed by atoms with van der Waals surface area (Å²) in [5.74, 6) is -0.375. The van der Waals surface area contributed by atoms with Gasteiger partial charge < -0.3 is 30.3 Å². The van der Waals surface area contributed by atoms with Crippen LogP contribution in [0.1, 0.15) is 68.1 Å². The normalized spacial score (nSPS) is 17.8. The Morgan fingerprint density at radius 1 is 1.00 bits per heavy atom. The van der Waals surface area contributed by atoms with E-state index in [2.05, 4.69) is 15.6 Å². The van der Waals surface area contributed by atoms with E-state index < -0.39 is 11.7 Å². The molecule has 0 saturated heterocycles. The maximum absolute atomic E-state index is 12.9. The summed E-state index contributed by atoms with van der Waals surface area (Å²) >= 11 is 0. The van der Waals surface area contributed by atoms with Crippen LogP contribution in [0.25, 0.3) is 11.0 Å². The van der Waals surface area contributed by atoms with Crippen LogP contribution in [-0.4, -0.2) is 48.0 Å². The van der Waals surface area contributed by atoms with Crippen LogP contribution in [0.2, 0.25) is 0 Å². The first-order valence-corrected chi connectivity index (χ1v) is 13.4. The number of esters is 1. The van der Waals surface area contributed by atoms with Crippen LogP contribution in [0, 0.1) is 0 Å². The van der Waals surface area contributed by atoms with E-state index in [0.29, 0.717) is 16.5 Å². The van der Waals surface area contributed by atoms with Crippen molar-refractivity contribution in [2.24, 2.45) is 10.7 Å². The van der Waals surface area contributed by atoms with Crippen LogP contribution in [0.15, 0.2) is 64.0 Å². The molecule has 2 amide bonds. The number of ether oxygens (including phenoxy) is 2. The molecular weight excluding hydrogens is 512 g/mol. The molecule has 1 fully saturated rings. The second-order valence-electron chi connectivity index (χ2n) is 10.9. The predicted molar refractivity (Wildman–Crippen MR) is 151 cm³/mol. The Morgan fingerprint density at radius 3 is 2.40 bits per heavy atom. The van der Waals surface area contributed by atoms with Gasteiger partial charge in [-0.15, -0.1) is 0 Å². The Bertz CT molecular complexity index is 1370. The average molecular weight is 549 g/mol. The number of furan rings is 1. The molecule has 0 unspecified atom stereocenters. The summed E-state index contributed by atoms with van der Waals surface area (Å²) in [6.07, 6.45) is 2.46. The number of fused-ring (bicyclic) bond motifs is 1. The molecule has 10 nitrogen and oxygen atoms in total. The van der Waals surface area contributed by atoms with Gasteiger partial charge >= 0.3 is 12.1 Å². The zero-order chi connectivity index (χ0) is 28.7. The first-order chi connectivity index (χ1) is 19.1. The molecule has 1 aliphatic rings. The minimum Gasteiger partial charge on any atom is -0.459 e. The largest absolute Gasteiger partial charge is 0.459 e. The van der Waals surface area contributed by atoms with Crippen molar-refractivity contribution in [1.82, 2.24) is 10.6 Å². The van der Waals surface area contributed by atoms with Gasteiger partial charge in [0.05, 0.1) is 6.54 Å². The van der Waals surface area contributed by atoms with Crippen molar-refractivity contribution < 1.29 is 28.3 Å². The van der Waals surface area contributed by atoms with Gasteiger partial charge in [0.15, 0.2) is 5.76 Å². The second-order valence-corrected chi connectivity index (χ2v) is 10.9. The third kappa shape index (κ3) is 8.41. The number of nitrogens with zero attached hydrogens (tertiary/aromatic N) is 1. The fourth-order valence-electron chi connectivity index (χ4n) is 4.53. The van der Waals surface area contributed by atoms with Crippen molar-refractivity contribution in [3.63, 3.8) is 0 Å². The molecule has 0 radical (unpaired) electrons. The van der Waals surface area contributed by atoms with Crippen molar-refractivity contribution in [3.05, 3.63) is 71.5 Å².